The predicted molar refractivity (Wildman–Crippen MR) is 59.7 cm³/mol. The number of urea groups is 1. The number of nitrogens with one attached hydrogen (secondary N) is 2. The lowest BCUT2D eigenvalue weighted by atomic mass is 10.2. The van der Waals surface area contributed by atoms with Gasteiger partial charge >= 0.3 is 12.0 Å². The van der Waals surface area contributed by atoms with Crippen molar-refractivity contribution in [2.75, 3.05) is 6.54 Å². The van der Waals surface area contributed by atoms with Gasteiger partial charge in [-0.2, -0.15) is 0 Å². The number of oxazole rings is 1. The molecule has 0 aliphatic heterocycles. The molecular weight excluding hydrogens is 242 g/mol. The second-order valence-corrected chi connectivity index (χ2v) is 3.62. The summed E-state index contributed by atoms with van der Waals surface area (Å²) in [6.07, 6.45) is 0.0126. The van der Waals surface area contributed by atoms with Crippen molar-refractivity contribution in [2.45, 2.75) is 26.0 Å². The minimum absolute atomic E-state index is 0.0547. The normalized spacial score (nSPS) is 11.9. The molecule has 4 N–H and O–H groups in total. The zero-order valence-corrected chi connectivity index (χ0v) is 9.84. The molecule has 1 atom stereocenters. The summed E-state index contributed by atoms with van der Waals surface area (Å²) in [6, 6.07) is -0.483. The molecule has 0 saturated heterocycles. The average Bonchev–Trinajstić information content (AvgIpc) is 2.72. The molecule has 18 heavy (non-hydrogen) atoms. The van der Waals surface area contributed by atoms with Crippen molar-refractivity contribution in [1.29, 1.82) is 0 Å². The van der Waals surface area contributed by atoms with E-state index in [2.05, 4.69) is 15.6 Å². The molecule has 1 rings (SSSR count). The number of amides is 2. The molecule has 0 aliphatic carbocycles. The smallest absolute Gasteiger partial charge is 0.332 e. The van der Waals surface area contributed by atoms with E-state index in [9.17, 15) is 9.59 Å². The fourth-order valence-electron chi connectivity index (χ4n) is 1.15. The number of hydrogen-bond acceptors (Lipinski definition) is 5. The zero-order chi connectivity index (χ0) is 13.5. The number of carbonyl (C=O) groups is 2. The maximum atomic E-state index is 11.3. The van der Waals surface area contributed by atoms with Crippen LogP contribution < -0.4 is 10.6 Å². The lowest BCUT2D eigenvalue weighted by Gasteiger charge is -2.07. The molecular formula is C10H15N3O5. The summed E-state index contributed by atoms with van der Waals surface area (Å²) in [5.41, 5.74) is 0. The number of carboxylic acids is 1. The third kappa shape index (κ3) is 4.83. The van der Waals surface area contributed by atoms with Gasteiger partial charge < -0.3 is 25.3 Å². The number of aryl methyl sites for hydroxylation is 1. The van der Waals surface area contributed by atoms with E-state index < -0.39 is 18.1 Å². The molecule has 1 unspecified atom stereocenters. The molecule has 0 aromatic carbocycles. The summed E-state index contributed by atoms with van der Waals surface area (Å²) in [5.74, 6) is -0.280. The number of rotatable bonds is 6. The first-order chi connectivity index (χ1) is 8.49. The molecule has 100 valence electrons. The molecule has 1 aromatic rings. The molecule has 0 spiro atoms. The summed E-state index contributed by atoms with van der Waals surface area (Å²) in [4.78, 5) is 25.4. The lowest BCUT2D eigenvalue weighted by Crippen LogP contribution is -2.37. The van der Waals surface area contributed by atoms with E-state index in [0.717, 1.165) is 0 Å². The average molecular weight is 257 g/mol. The van der Waals surface area contributed by atoms with Crippen molar-refractivity contribution < 1.29 is 24.2 Å². The van der Waals surface area contributed by atoms with E-state index in [0.29, 0.717) is 11.7 Å². The highest BCUT2D eigenvalue weighted by Crippen LogP contribution is 2.00. The first-order valence-corrected chi connectivity index (χ1v) is 5.33. The van der Waals surface area contributed by atoms with Crippen molar-refractivity contribution in [1.82, 2.24) is 15.6 Å². The Morgan fingerprint density at radius 2 is 2.22 bits per heavy atom. The summed E-state index contributed by atoms with van der Waals surface area (Å²) in [7, 11) is 0. The minimum atomic E-state index is -1.47. The van der Waals surface area contributed by atoms with Crippen LogP contribution in [0.5, 0.6) is 0 Å². The van der Waals surface area contributed by atoms with Gasteiger partial charge in [-0.25, -0.2) is 14.6 Å². The maximum absolute atomic E-state index is 11.3. The van der Waals surface area contributed by atoms with Gasteiger partial charge in [0, 0.05) is 13.0 Å². The van der Waals surface area contributed by atoms with E-state index >= 15 is 0 Å². The van der Waals surface area contributed by atoms with Crippen LogP contribution in [0.15, 0.2) is 10.6 Å². The molecule has 2 amide bonds. The Morgan fingerprint density at radius 3 is 2.78 bits per heavy atom. The molecule has 0 bridgehead atoms. The molecule has 0 radical (unpaired) electrons. The Bertz CT molecular complexity index is 417. The molecule has 0 aliphatic rings. The Labute approximate surface area is 103 Å². The Kier molecular flexibility index (Phi) is 5.12. The van der Waals surface area contributed by atoms with Crippen molar-refractivity contribution >= 4 is 12.0 Å². The van der Waals surface area contributed by atoms with Crippen LogP contribution >= 0.6 is 0 Å². The molecule has 8 nitrogen and oxygen atoms in total. The van der Waals surface area contributed by atoms with Gasteiger partial charge in [-0.15, -0.1) is 0 Å². The number of aliphatic hydroxyl groups is 1. The van der Waals surface area contributed by atoms with Gasteiger partial charge in [0.15, 0.2) is 6.10 Å². The molecule has 0 fully saturated rings. The van der Waals surface area contributed by atoms with Crippen LogP contribution in [0.1, 0.15) is 18.1 Å². The van der Waals surface area contributed by atoms with Crippen molar-refractivity contribution in [3.63, 3.8) is 0 Å². The van der Waals surface area contributed by atoms with Crippen LogP contribution in [0.4, 0.5) is 4.79 Å². The van der Waals surface area contributed by atoms with Crippen LogP contribution in [-0.4, -0.2) is 39.8 Å². The van der Waals surface area contributed by atoms with Gasteiger partial charge in [-0.05, 0) is 6.92 Å². The number of carbonyl (C=O) groups excluding carboxylic acids is 1. The standard InChI is InChI=1S/C10H15N3O5/c1-6-4-12-8(18-6)5-13-10(17)11-3-2-7(14)9(15)16/h4,7,14H,2-3,5H2,1H3,(H,15,16)(H2,11,13,17). The number of carboxylic acid groups (broad SMARTS) is 1. The number of aliphatic hydroxyl groups excluding tert-OH is 1. The second-order valence-electron chi connectivity index (χ2n) is 3.62. The Balaban J connectivity index is 2.16. The minimum Gasteiger partial charge on any atom is -0.479 e. The van der Waals surface area contributed by atoms with E-state index in [1.165, 1.54) is 6.20 Å². The van der Waals surface area contributed by atoms with Gasteiger partial charge in [0.25, 0.3) is 0 Å². The monoisotopic (exact) mass is 257 g/mol. The first kappa shape index (κ1) is 14.0. The number of aromatic nitrogens is 1. The van der Waals surface area contributed by atoms with Crippen LogP contribution in [0.3, 0.4) is 0 Å². The van der Waals surface area contributed by atoms with E-state index in [1.54, 1.807) is 6.92 Å². The van der Waals surface area contributed by atoms with E-state index in [1.807, 2.05) is 0 Å². The van der Waals surface area contributed by atoms with Gasteiger partial charge in [-0.1, -0.05) is 0 Å². The third-order valence-corrected chi connectivity index (χ3v) is 2.06. The molecule has 1 heterocycles. The van der Waals surface area contributed by atoms with Crippen LogP contribution in [-0.2, 0) is 11.3 Å². The summed E-state index contributed by atoms with van der Waals surface area (Å²) in [5, 5.41) is 22.2. The predicted octanol–water partition coefficient (Wildman–Crippen LogP) is -0.382. The van der Waals surface area contributed by atoms with E-state index in [4.69, 9.17) is 14.6 Å². The van der Waals surface area contributed by atoms with Crippen LogP contribution in [0.25, 0.3) is 0 Å². The first-order valence-electron chi connectivity index (χ1n) is 5.33. The fraction of sp³-hybridized carbons (Fsp3) is 0.500. The highest BCUT2D eigenvalue weighted by molar-refractivity contribution is 5.74. The maximum Gasteiger partial charge on any atom is 0.332 e. The molecule has 8 heteroatoms. The number of nitrogens with zero attached hydrogens (tertiary/aromatic N) is 1. The summed E-state index contributed by atoms with van der Waals surface area (Å²) < 4.78 is 5.14. The number of aliphatic carboxylic acids is 1. The van der Waals surface area contributed by atoms with Gasteiger partial charge in [0.2, 0.25) is 5.89 Å². The van der Waals surface area contributed by atoms with Crippen molar-refractivity contribution in [2.24, 2.45) is 0 Å². The zero-order valence-electron chi connectivity index (χ0n) is 9.84. The highest BCUT2D eigenvalue weighted by Gasteiger charge is 2.12. The van der Waals surface area contributed by atoms with Gasteiger partial charge in [-0.3, -0.25) is 0 Å². The number of hydrogen-bond donors (Lipinski definition) is 4. The quantitative estimate of drug-likeness (QED) is 0.550. The highest BCUT2D eigenvalue weighted by atomic mass is 16.4. The second kappa shape index (κ2) is 6.60. The lowest BCUT2D eigenvalue weighted by molar-refractivity contribution is -0.146. The summed E-state index contributed by atoms with van der Waals surface area (Å²) >= 11 is 0. The molecule has 0 saturated carbocycles. The SMILES string of the molecule is Cc1cnc(CNC(=O)NCCC(O)C(=O)O)o1. The molecule has 1 aromatic heterocycles. The van der Waals surface area contributed by atoms with Crippen LogP contribution in [0.2, 0.25) is 0 Å². The fourth-order valence-corrected chi connectivity index (χ4v) is 1.15. The van der Waals surface area contributed by atoms with Crippen molar-refractivity contribution in [3.05, 3.63) is 17.8 Å². The van der Waals surface area contributed by atoms with Crippen LogP contribution in [0, 0.1) is 6.92 Å². The van der Waals surface area contributed by atoms with Gasteiger partial charge in [0.1, 0.15) is 5.76 Å². The third-order valence-electron chi connectivity index (χ3n) is 2.06. The topological polar surface area (TPSA) is 125 Å². The largest absolute Gasteiger partial charge is 0.479 e. The Morgan fingerprint density at radius 1 is 1.50 bits per heavy atom. The van der Waals surface area contributed by atoms with E-state index in [-0.39, 0.29) is 19.5 Å². The Hall–Kier alpha value is -2.09. The van der Waals surface area contributed by atoms with Gasteiger partial charge in [0.05, 0.1) is 12.7 Å². The van der Waals surface area contributed by atoms with Crippen molar-refractivity contribution in [3.8, 4) is 0 Å². The summed E-state index contributed by atoms with van der Waals surface area (Å²) in [6.45, 7) is 1.94.